The van der Waals surface area contributed by atoms with Crippen LogP contribution in [0.5, 0.6) is 0 Å². The zero-order valence-corrected chi connectivity index (χ0v) is 13.3. The molecule has 2 N–H and O–H groups in total. The maximum absolute atomic E-state index is 12.0. The minimum absolute atomic E-state index is 0.198. The van der Waals surface area contributed by atoms with Crippen molar-refractivity contribution < 1.29 is 4.79 Å². The Bertz CT molecular complexity index is 434. The summed E-state index contributed by atoms with van der Waals surface area (Å²) in [5, 5.41) is 8.56. The van der Waals surface area contributed by atoms with Crippen molar-refractivity contribution in [1.82, 2.24) is 15.5 Å². The highest BCUT2D eigenvalue weighted by molar-refractivity contribution is 7.09. The van der Waals surface area contributed by atoms with Crippen LogP contribution in [0.4, 0.5) is 0 Å². The summed E-state index contributed by atoms with van der Waals surface area (Å²) in [4.78, 5) is 16.0. The van der Waals surface area contributed by atoms with Crippen molar-refractivity contribution in [3.8, 4) is 0 Å². The van der Waals surface area contributed by atoms with Crippen LogP contribution in [0.1, 0.15) is 24.1 Å². The Labute approximate surface area is 130 Å². The molecular formula is C16H25N3OS. The molecule has 2 aliphatic rings. The second-order valence-electron chi connectivity index (χ2n) is 6.23. The number of nitrogens with zero attached hydrogens (tertiary/aromatic N) is 1. The molecule has 3 heterocycles. The lowest BCUT2D eigenvalue weighted by molar-refractivity contribution is -0.124. The van der Waals surface area contributed by atoms with E-state index in [1.807, 2.05) is 11.3 Å². The monoisotopic (exact) mass is 307 g/mol. The summed E-state index contributed by atoms with van der Waals surface area (Å²) < 4.78 is 0. The molecule has 0 bridgehead atoms. The first-order valence-corrected chi connectivity index (χ1v) is 8.92. The lowest BCUT2D eigenvalue weighted by atomic mass is 9.96. The standard InChI is InChI=1S/C16H25N3OS/c20-16(14-3-6-17-11-14)18-10-13-4-7-19(8-5-13)12-15-2-1-9-21-15/h1-2,9,13-14,17H,3-8,10-12H2,(H,18,20). The lowest BCUT2D eigenvalue weighted by Crippen LogP contribution is -2.40. The average Bonchev–Trinajstić information content (AvgIpc) is 3.19. The molecule has 0 aromatic carbocycles. The predicted octanol–water partition coefficient (Wildman–Crippen LogP) is 1.69. The molecule has 1 aromatic heterocycles. The van der Waals surface area contributed by atoms with Gasteiger partial charge in [-0.3, -0.25) is 9.69 Å². The molecule has 0 aliphatic carbocycles. The fourth-order valence-corrected chi connectivity index (χ4v) is 3.99. The maximum Gasteiger partial charge on any atom is 0.224 e. The van der Waals surface area contributed by atoms with Gasteiger partial charge in [-0.1, -0.05) is 6.07 Å². The summed E-state index contributed by atoms with van der Waals surface area (Å²) >= 11 is 1.84. The van der Waals surface area contributed by atoms with E-state index in [2.05, 4.69) is 33.0 Å². The molecular weight excluding hydrogens is 282 g/mol. The molecule has 0 saturated carbocycles. The largest absolute Gasteiger partial charge is 0.356 e. The normalized spacial score (nSPS) is 24.3. The van der Waals surface area contributed by atoms with E-state index in [0.717, 1.165) is 45.7 Å². The minimum Gasteiger partial charge on any atom is -0.356 e. The number of thiophene rings is 1. The first-order valence-electron chi connectivity index (χ1n) is 8.04. The van der Waals surface area contributed by atoms with Crippen LogP contribution in [0.2, 0.25) is 0 Å². The molecule has 116 valence electrons. The Kier molecular flexibility index (Phi) is 5.27. The number of hydrogen-bond acceptors (Lipinski definition) is 4. The van der Waals surface area contributed by atoms with Crippen molar-refractivity contribution in [3.05, 3.63) is 22.4 Å². The Morgan fingerprint density at radius 1 is 1.38 bits per heavy atom. The summed E-state index contributed by atoms with van der Waals surface area (Å²) in [6, 6.07) is 4.34. The molecule has 2 saturated heterocycles. The van der Waals surface area contributed by atoms with E-state index in [1.54, 1.807) is 0 Å². The molecule has 1 aromatic rings. The van der Waals surface area contributed by atoms with Crippen LogP contribution in [0, 0.1) is 11.8 Å². The van der Waals surface area contributed by atoms with Crippen LogP contribution in [0.25, 0.3) is 0 Å². The van der Waals surface area contributed by atoms with Gasteiger partial charge >= 0.3 is 0 Å². The first-order chi connectivity index (χ1) is 10.3. The van der Waals surface area contributed by atoms with E-state index in [4.69, 9.17) is 0 Å². The SMILES string of the molecule is O=C(NCC1CCN(Cc2cccs2)CC1)C1CCNC1. The van der Waals surface area contributed by atoms with Crippen LogP contribution in [-0.4, -0.2) is 43.5 Å². The number of nitrogens with one attached hydrogen (secondary N) is 2. The lowest BCUT2D eigenvalue weighted by Gasteiger charge is -2.31. The van der Waals surface area contributed by atoms with Crippen molar-refractivity contribution in [2.75, 3.05) is 32.7 Å². The van der Waals surface area contributed by atoms with Gasteiger partial charge in [-0.2, -0.15) is 0 Å². The second-order valence-corrected chi connectivity index (χ2v) is 7.27. The first kappa shape index (κ1) is 15.0. The maximum atomic E-state index is 12.0. The zero-order chi connectivity index (χ0) is 14.5. The van der Waals surface area contributed by atoms with Crippen LogP contribution in [0.15, 0.2) is 17.5 Å². The van der Waals surface area contributed by atoms with E-state index in [1.165, 1.54) is 17.7 Å². The van der Waals surface area contributed by atoms with Crippen molar-refractivity contribution in [3.63, 3.8) is 0 Å². The van der Waals surface area contributed by atoms with E-state index in [0.29, 0.717) is 5.92 Å². The smallest absolute Gasteiger partial charge is 0.224 e. The molecule has 1 amide bonds. The van der Waals surface area contributed by atoms with E-state index in [9.17, 15) is 4.79 Å². The molecule has 1 atom stereocenters. The predicted molar refractivity (Wildman–Crippen MR) is 86.3 cm³/mol. The number of carbonyl (C=O) groups excluding carboxylic acids is 1. The number of amides is 1. The number of rotatable bonds is 5. The minimum atomic E-state index is 0.198. The van der Waals surface area contributed by atoms with Gasteiger partial charge < -0.3 is 10.6 Å². The van der Waals surface area contributed by atoms with Gasteiger partial charge in [0.15, 0.2) is 0 Å². The third-order valence-corrected chi connectivity index (χ3v) is 5.52. The molecule has 5 heteroatoms. The number of hydrogen-bond donors (Lipinski definition) is 2. The van der Waals surface area contributed by atoms with E-state index in [-0.39, 0.29) is 11.8 Å². The Balaban J connectivity index is 1.34. The fraction of sp³-hybridized carbons (Fsp3) is 0.688. The molecule has 3 rings (SSSR count). The summed E-state index contributed by atoms with van der Waals surface area (Å²) in [5.74, 6) is 1.10. The van der Waals surface area contributed by atoms with Crippen molar-refractivity contribution in [2.24, 2.45) is 11.8 Å². The molecule has 2 aliphatic heterocycles. The van der Waals surface area contributed by atoms with Crippen LogP contribution >= 0.6 is 11.3 Å². The van der Waals surface area contributed by atoms with Gasteiger partial charge in [0.25, 0.3) is 0 Å². The number of likely N-dealkylation sites (tertiary alicyclic amines) is 1. The van der Waals surface area contributed by atoms with Gasteiger partial charge in [-0.05, 0) is 56.3 Å². The summed E-state index contributed by atoms with van der Waals surface area (Å²) in [6.45, 7) is 6.10. The van der Waals surface area contributed by atoms with Crippen molar-refractivity contribution in [1.29, 1.82) is 0 Å². The van der Waals surface area contributed by atoms with Crippen molar-refractivity contribution in [2.45, 2.75) is 25.8 Å². The van der Waals surface area contributed by atoms with Crippen LogP contribution in [0.3, 0.4) is 0 Å². The highest BCUT2D eigenvalue weighted by atomic mass is 32.1. The molecule has 1 unspecified atom stereocenters. The zero-order valence-electron chi connectivity index (χ0n) is 12.5. The van der Waals surface area contributed by atoms with Crippen LogP contribution in [-0.2, 0) is 11.3 Å². The fourth-order valence-electron chi connectivity index (χ4n) is 3.24. The molecule has 0 spiro atoms. The summed E-state index contributed by atoms with van der Waals surface area (Å²) in [7, 11) is 0. The molecule has 21 heavy (non-hydrogen) atoms. The Morgan fingerprint density at radius 2 is 2.24 bits per heavy atom. The average molecular weight is 307 g/mol. The van der Waals surface area contributed by atoms with Gasteiger partial charge in [0, 0.05) is 24.5 Å². The van der Waals surface area contributed by atoms with Gasteiger partial charge in [-0.25, -0.2) is 0 Å². The van der Waals surface area contributed by atoms with Crippen molar-refractivity contribution >= 4 is 17.2 Å². The van der Waals surface area contributed by atoms with Gasteiger partial charge in [-0.15, -0.1) is 11.3 Å². The number of piperidine rings is 1. The third-order valence-electron chi connectivity index (χ3n) is 4.66. The van der Waals surface area contributed by atoms with Gasteiger partial charge in [0.2, 0.25) is 5.91 Å². The Hall–Kier alpha value is -0.910. The van der Waals surface area contributed by atoms with E-state index >= 15 is 0 Å². The van der Waals surface area contributed by atoms with E-state index < -0.39 is 0 Å². The third kappa shape index (κ3) is 4.28. The Morgan fingerprint density at radius 3 is 2.90 bits per heavy atom. The molecule has 2 fully saturated rings. The van der Waals surface area contributed by atoms with Gasteiger partial charge in [0.05, 0.1) is 5.92 Å². The van der Waals surface area contributed by atoms with Crippen LogP contribution < -0.4 is 10.6 Å². The summed E-state index contributed by atoms with van der Waals surface area (Å²) in [5.41, 5.74) is 0. The molecule has 4 nitrogen and oxygen atoms in total. The highest BCUT2D eigenvalue weighted by Crippen LogP contribution is 2.20. The summed E-state index contributed by atoms with van der Waals surface area (Å²) in [6.07, 6.45) is 3.40. The second kappa shape index (κ2) is 7.38. The quantitative estimate of drug-likeness (QED) is 0.870. The molecule has 0 radical (unpaired) electrons. The van der Waals surface area contributed by atoms with Gasteiger partial charge in [0.1, 0.15) is 0 Å². The number of carbonyl (C=O) groups is 1. The topological polar surface area (TPSA) is 44.4 Å². The highest BCUT2D eigenvalue weighted by Gasteiger charge is 2.24.